The summed E-state index contributed by atoms with van der Waals surface area (Å²) in [5, 5.41) is 1.35. The van der Waals surface area contributed by atoms with Gasteiger partial charge in [-0.25, -0.2) is 0 Å². The normalized spacial score (nSPS) is 15.5. The van der Waals surface area contributed by atoms with Gasteiger partial charge < -0.3 is 9.88 Å². The second kappa shape index (κ2) is 6.99. The number of piperidine rings is 1. The Bertz CT molecular complexity index is 915. The van der Waals surface area contributed by atoms with Crippen LogP contribution in [-0.4, -0.2) is 28.9 Å². The smallest absolute Gasteiger partial charge is 0.253 e. The molecule has 0 radical (unpaired) electrons. The molecule has 4 rings (SSSR count). The van der Waals surface area contributed by atoms with Crippen LogP contribution in [0.2, 0.25) is 0 Å². The van der Waals surface area contributed by atoms with Crippen LogP contribution < -0.4 is 0 Å². The summed E-state index contributed by atoms with van der Waals surface area (Å²) in [4.78, 5) is 18.2. The third-order valence-electron chi connectivity index (χ3n) is 5.72. The van der Waals surface area contributed by atoms with E-state index in [9.17, 15) is 4.79 Å². The molecule has 1 saturated heterocycles. The van der Waals surface area contributed by atoms with E-state index in [1.54, 1.807) is 0 Å². The molecule has 1 aliphatic rings. The maximum Gasteiger partial charge on any atom is 0.253 e. The van der Waals surface area contributed by atoms with Crippen molar-refractivity contribution in [1.82, 2.24) is 9.88 Å². The minimum atomic E-state index is 0.173. The van der Waals surface area contributed by atoms with Crippen molar-refractivity contribution in [3.63, 3.8) is 0 Å². The van der Waals surface area contributed by atoms with Gasteiger partial charge in [0.15, 0.2) is 0 Å². The van der Waals surface area contributed by atoms with E-state index in [1.165, 1.54) is 27.7 Å². The molecule has 1 fully saturated rings. The Hall–Kier alpha value is -2.55. The molecule has 0 bridgehead atoms. The SMILES string of the molecule is Cc1ccc(C(=O)N2CCC(Cc3c(C)[nH]c4ccccc34)CC2)cc1. The van der Waals surface area contributed by atoms with Gasteiger partial charge >= 0.3 is 0 Å². The predicted octanol–water partition coefficient (Wildman–Crippen LogP) is 4.88. The van der Waals surface area contributed by atoms with Crippen LogP contribution >= 0.6 is 0 Å². The molecule has 26 heavy (non-hydrogen) atoms. The van der Waals surface area contributed by atoms with Crippen molar-refractivity contribution in [3.05, 3.63) is 70.9 Å². The molecule has 0 aliphatic carbocycles. The Labute approximate surface area is 155 Å². The standard InChI is InChI=1S/C23H26N2O/c1-16-7-9-19(10-8-16)23(26)25-13-11-18(12-14-25)15-21-17(2)24-22-6-4-3-5-20(21)22/h3-10,18,24H,11-15H2,1-2H3. The molecular formula is C23H26N2O. The summed E-state index contributed by atoms with van der Waals surface area (Å²) >= 11 is 0. The van der Waals surface area contributed by atoms with Gasteiger partial charge in [0.05, 0.1) is 0 Å². The van der Waals surface area contributed by atoms with E-state index < -0.39 is 0 Å². The summed E-state index contributed by atoms with van der Waals surface area (Å²) < 4.78 is 0. The average molecular weight is 346 g/mol. The lowest BCUT2D eigenvalue weighted by atomic mass is 9.89. The molecule has 2 heterocycles. The first kappa shape index (κ1) is 16.9. The fraction of sp³-hybridized carbons (Fsp3) is 0.348. The summed E-state index contributed by atoms with van der Waals surface area (Å²) in [7, 11) is 0. The fourth-order valence-corrected chi connectivity index (χ4v) is 4.11. The van der Waals surface area contributed by atoms with Crippen LogP contribution in [0.1, 0.15) is 40.0 Å². The van der Waals surface area contributed by atoms with Crippen molar-refractivity contribution in [2.24, 2.45) is 5.92 Å². The van der Waals surface area contributed by atoms with Crippen molar-refractivity contribution < 1.29 is 4.79 Å². The lowest BCUT2D eigenvalue weighted by Gasteiger charge is -2.32. The number of likely N-dealkylation sites (tertiary alicyclic amines) is 1. The highest BCUT2D eigenvalue weighted by molar-refractivity contribution is 5.94. The number of amides is 1. The minimum Gasteiger partial charge on any atom is -0.358 e. The molecule has 1 aliphatic heterocycles. The molecular weight excluding hydrogens is 320 g/mol. The van der Waals surface area contributed by atoms with E-state index in [0.29, 0.717) is 5.92 Å². The Balaban J connectivity index is 1.41. The number of H-pyrrole nitrogens is 1. The van der Waals surface area contributed by atoms with Gasteiger partial charge in [0.2, 0.25) is 0 Å². The first-order valence-electron chi connectivity index (χ1n) is 9.54. The number of para-hydroxylation sites is 1. The molecule has 0 spiro atoms. The highest BCUT2D eigenvalue weighted by atomic mass is 16.2. The molecule has 0 saturated carbocycles. The minimum absolute atomic E-state index is 0.173. The molecule has 1 amide bonds. The molecule has 0 unspecified atom stereocenters. The number of hydrogen-bond acceptors (Lipinski definition) is 1. The van der Waals surface area contributed by atoms with Crippen LogP contribution in [0.4, 0.5) is 0 Å². The number of benzene rings is 2. The largest absolute Gasteiger partial charge is 0.358 e. The second-order valence-electron chi connectivity index (χ2n) is 7.58. The number of aromatic nitrogens is 1. The predicted molar refractivity (Wildman–Crippen MR) is 107 cm³/mol. The van der Waals surface area contributed by atoms with Gasteiger partial charge in [-0.1, -0.05) is 35.9 Å². The van der Waals surface area contributed by atoms with Gasteiger partial charge in [-0.15, -0.1) is 0 Å². The number of aryl methyl sites for hydroxylation is 2. The first-order chi connectivity index (χ1) is 12.6. The van der Waals surface area contributed by atoms with E-state index in [4.69, 9.17) is 0 Å². The maximum absolute atomic E-state index is 12.7. The van der Waals surface area contributed by atoms with Gasteiger partial charge in [0.25, 0.3) is 5.91 Å². The van der Waals surface area contributed by atoms with E-state index in [-0.39, 0.29) is 5.91 Å². The maximum atomic E-state index is 12.7. The number of carbonyl (C=O) groups excluding carboxylic acids is 1. The van der Waals surface area contributed by atoms with Gasteiger partial charge in [-0.2, -0.15) is 0 Å². The number of carbonyl (C=O) groups is 1. The first-order valence-corrected chi connectivity index (χ1v) is 9.54. The molecule has 3 nitrogen and oxygen atoms in total. The molecule has 134 valence electrons. The number of nitrogens with zero attached hydrogens (tertiary/aromatic N) is 1. The molecule has 3 aromatic rings. The summed E-state index contributed by atoms with van der Waals surface area (Å²) in [5.41, 5.74) is 5.95. The van der Waals surface area contributed by atoms with Crippen LogP contribution in [-0.2, 0) is 6.42 Å². The molecule has 2 aromatic carbocycles. The lowest BCUT2D eigenvalue weighted by Crippen LogP contribution is -2.38. The monoisotopic (exact) mass is 346 g/mol. The van der Waals surface area contributed by atoms with Crippen molar-refractivity contribution in [1.29, 1.82) is 0 Å². The van der Waals surface area contributed by atoms with Crippen LogP contribution in [0.15, 0.2) is 48.5 Å². The summed E-state index contributed by atoms with van der Waals surface area (Å²) in [6.07, 6.45) is 3.26. The van der Waals surface area contributed by atoms with Crippen LogP contribution in [0.25, 0.3) is 10.9 Å². The third kappa shape index (κ3) is 3.26. The second-order valence-corrected chi connectivity index (χ2v) is 7.58. The molecule has 1 aromatic heterocycles. The van der Waals surface area contributed by atoms with Crippen LogP contribution in [0.3, 0.4) is 0 Å². The molecule has 3 heteroatoms. The number of fused-ring (bicyclic) bond motifs is 1. The van der Waals surface area contributed by atoms with Gasteiger partial charge in [0.1, 0.15) is 0 Å². The highest BCUT2D eigenvalue weighted by Crippen LogP contribution is 2.29. The van der Waals surface area contributed by atoms with Crippen molar-refractivity contribution in [2.75, 3.05) is 13.1 Å². The Morgan fingerprint density at radius 2 is 1.73 bits per heavy atom. The van der Waals surface area contributed by atoms with Crippen molar-refractivity contribution in [2.45, 2.75) is 33.1 Å². The quantitative estimate of drug-likeness (QED) is 0.721. The highest BCUT2D eigenvalue weighted by Gasteiger charge is 2.24. The van der Waals surface area contributed by atoms with E-state index >= 15 is 0 Å². The van der Waals surface area contributed by atoms with Gasteiger partial charge in [0, 0.05) is 35.2 Å². The van der Waals surface area contributed by atoms with E-state index in [2.05, 4.69) is 36.2 Å². The number of rotatable bonds is 3. The van der Waals surface area contributed by atoms with Crippen LogP contribution in [0.5, 0.6) is 0 Å². The lowest BCUT2D eigenvalue weighted by molar-refractivity contribution is 0.0690. The van der Waals surface area contributed by atoms with Crippen molar-refractivity contribution >= 4 is 16.8 Å². The number of hydrogen-bond donors (Lipinski definition) is 1. The third-order valence-corrected chi connectivity index (χ3v) is 5.72. The van der Waals surface area contributed by atoms with Crippen molar-refractivity contribution in [3.8, 4) is 0 Å². The zero-order chi connectivity index (χ0) is 18.1. The Morgan fingerprint density at radius 1 is 1.04 bits per heavy atom. The summed E-state index contributed by atoms with van der Waals surface area (Å²) in [5.74, 6) is 0.821. The summed E-state index contributed by atoms with van der Waals surface area (Å²) in [6, 6.07) is 16.5. The average Bonchev–Trinajstić information content (AvgIpc) is 2.98. The van der Waals surface area contributed by atoms with Gasteiger partial charge in [-0.05, 0) is 62.8 Å². The van der Waals surface area contributed by atoms with E-state index in [0.717, 1.165) is 37.9 Å². The molecule has 1 N–H and O–H groups in total. The number of nitrogens with one attached hydrogen (secondary N) is 1. The van der Waals surface area contributed by atoms with Crippen LogP contribution in [0, 0.1) is 19.8 Å². The molecule has 0 atom stereocenters. The zero-order valence-corrected chi connectivity index (χ0v) is 15.6. The topological polar surface area (TPSA) is 36.1 Å². The van der Waals surface area contributed by atoms with Gasteiger partial charge in [-0.3, -0.25) is 4.79 Å². The zero-order valence-electron chi connectivity index (χ0n) is 15.6. The number of aromatic amines is 1. The Kier molecular flexibility index (Phi) is 4.54. The van der Waals surface area contributed by atoms with E-state index in [1.807, 2.05) is 36.1 Å². The fourth-order valence-electron chi connectivity index (χ4n) is 4.11. The summed E-state index contributed by atoms with van der Waals surface area (Å²) in [6.45, 7) is 5.94. The Morgan fingerprint density at radius 3 is 2.46 bits per heavy atom.